The second kappa shape index (κ2) is 5.90. The zero-order chi connectivity index (χ0) is 14.7. The number of hydrogen-bond acceptors (Lipinski definition) is 4. The summed E-state index contributed by atoms with van der Waals surface area (Å²) in [6.45, 7) is 0.755. The summed E-state index contributed by atoms with van der Waals surface area (Å²) in [5.74, 6) is -2.09. The highest BCUT2D eigenvalue weighted by molar-refractivity contribution is 5.97. The van der Waals surface area contributed by atoms with Gasteiger partial charge in [-0.2, -0.15) is 0 Å². The van der Waals surface area contributed by atoms with E-state index in [4.69, 9.17) is 0 Å². The molecule has 0 bridgehead atoms. The van der Waals surface area contributed by atoms with Crippen molar-refractivity contribution in [1.82, 2.24) is 4.90 Å². The highest BCUT2D eigenvalue weighted by Crippen LogP contribution is 2.24. The molecule has 0 spiro atoms. The number of nitrogens with zero attached hydrogens (tertiary/aromatic N) is 1. The first kappa shape index (κ1) is 14.3. The number of benzene rings is 1. The van der Waals surface area contributed by atoms with Crippen LogP contribution in [-0.2, 0) is 9.53 Å². The van der Waals surface area contributed by atoms with Gasteiger partial charge in [-0.05, 0) is 25.0 Å². The number of likely N-dealkylation sites (tertiary alicyclic amines) is 1. The zero-order valence-corrected chi connectivity index (χ0v) is 11.1. The first-order valence-electron chi connectivity index (χ1n) is 6.38. The van der Waals surface area contributed by atoms with E-state index in [0.29, 0.717) is 19.4 Å². The fourth-order valence-corrected chi connectivity index (χ4v) is 2.38. The van der Waals surface area contributed by atoms with E-state index in [9.17, 15) is 19.1 Å². The number of esters is 1. The quantitative estimate of drug-likeness (QED) is 0.835. The van der Waals surface area contributed by atoms with Crippen LogP contribution in [0.5, 0.6) is 5.75 Å². The molecule has 1 N–H and O–H groups in total. The highest BCUT2D eigenvalue weighted by atomic mass is 19.1. The lowest BCUT2D eigenvalue weighted by atomic mass is 9.97. The number of hydrogen-bond donors (Lipinski definition) is 1. The van der Waals surface area contributed by atoms with Gasteiger partial charge in [0, 0.05) is 19.2 Å². The van der Waals surface area contributed by atoms with E-state index < -0.39 is 17.5 Å². The molecular formula is C14H16FNO4. The number of phenolic OH excluding ortho intramolecular Hbond substituents is 1. The molecule has 6 heteroatoms. The number of phenols is 1. The van der Waals surface area contributed by atoms with Crippen LogP contribution in [0, 0.1) is 11.7 Å². The maximum absolute atomic E-state index is 12.9. The predicted octanol–water partition coefficient (Wildman–Crippen LogP) is 1.56. The van der Waals surface area contributed by atoms with E-state index in [-0.39, 0.29) is 24.0 Å². The van der Waals surface area contributed by atoms with Gasteiger partial charge in [-0.25, -0.2) is 4.39 Å². The van der Waals surface area contributed by atoms with Gasteiger partial charge in [-0.3, -0.25) is 9.59 Å². The maximum Gasteiger partial charge on any atom is 0.310 e. The number of carbonyl (C=O) groups is 2. The molecule has 1 aliphatic heterocycles. The van der Waals surface area contributed by atoms with Crippen LogP contribution in [0.15, 0.2) is 18.2 Å². The van der Waals surface area contributed by atoms with E-state index in [1.165, 1.54) is 18.1 Å². The molecule has 1 unspecified atom stereocenters. The molecule has 1 fully saturated rings. The van der Waals surface area contributed by atoms with Crippen LogP contribution in [0.3, 0.4) is 0 Å². The number of aromatic hydroxyl groups is 1. The second-order valence-corrected chi connectivity index (χ2v) is 4.77. The van der Waals surface area contributed by atoms with Crippen molar-refractivity contribution in [2.45, 2.75) is 12.8 Å². The van der Waals surface area contributed by atoms with Gasteiger partial charge >= 0.3 is 5.97 Å². The summed E-state index contributed by atoms with van der Waals surface area (Å²) in [6, 6.07) is 3.26. The summed E-state index contributed by atoms with van der Waals surface area (Å²) in [4.78, 5) is 25.3. The van der Waals surface area contributed by atoms with Crippen LogP contribution in [-0.4, -0.2) is 42.1 Å². The minimum atomic E-state index is -0.606. The second-order valence-electron chi connectivity index (χ2n) is 4.77. The summed E-state index contributed by atoms with van der Waals surface area (Å²) in [5, 5.41) is 9.63. The van der Waals surface area contributed by atoms with Gasteiger partial charge < -0.3 is 14.7 Å². The van der Waals surface area contributed by atoms with Gasteiger partial charge in [0.05, 0.1) is 18.6 Å². The van der Waals surface area contributed by atoms with Crippen LogP contribution in [0.1, 0.15) is 23.2 Å². The predicted molar refractivity (Wildman–Crippen MR) is 68.7 cm³/mol. The van der Waals surface area contributed by atoms with Gasteiger partial charge in [-0.1, -0.05) is 0 Å². The van der Waals surface area contributed by atoms with Crippen molar-refractivity contribution in [2.24, 2.45) is 5.92 Å². The van der Waals surface area contributed by atoms with Crippen molar-refractivity contribution in [3.05, 3.63) is 29.6 Å². The molecule has 1 amide bonds. The monoisotopic (exact) mass is 281 g/mol. The summed E-state index contributed by atoms with van der Waals surface area (Å²) in [7, 11) is 1.31. The Morgan fingerprint density at radius 1 is 1.45 bits per heavy atom. The first-order valence-corrected chi connectivity index (χ1v) is 6.38. The minimum Gasteiger partial charge on any atom is -0.507 e. The number of methoxy groups -OCH3 is 1. The number of ether oxygens (including phenoxy) is 1. The van der Waals surface area contributed by atoms with E-state index in [1.54, 1.807) is 0 Å². The molecule has 5 nitrogen and oxygen atoms in total. The number of carbonyl (C=O) groups excluding carboxylic acids is 2. The van der Waals surface area contributed by atoms with Crippen molar-refractivity contribution in [1.29, 1.82) is 0 Å². The van der Waals surface area contributed by atoms with Crippen LogP contribution >= 0.6 is 0 Å². The summed E-state index contributed by atoms with van der Waals surface area (Å²) in [5.41, 5.74) is 0.0388. The Labute approximate surface area is 116 Å². The third-order valence-electron chi connectivity index (χ3n) is 3.43. The fourth-order valence-electron chi connectivity index (χ4n) is 2.38. The van der Waals surface area contributed by atoms with Crippen LogP contribution in [0.25, 0.3) is 0 Å². The van der Waals surface area contributed by atoms with Crippen LogP contribution < -0.4 is 0 Å². The van der Waals surface area contributed by atoms with Crippen molar-refractivity contribution in [3.8, 4) is 5.75 Å². The smallest absolute Gasteiger partial charge is 0.310 e. The molecular weight excluding hydrogens is 265 g/mol. The topological polar surface area (TPSA) is 66.8 Å². The van der Waals surface area contributed by atoms with Gasteiger partial charge in [0.2, 0.25) is 0 Å². The normalized spacial score (nSPS) is 18.7. The minimum absolute atomic E-state index is 0.0388. The largest absolute Gasteiger partial charge is 0.507 e. The van der Waals surface area contributed by atoms with Gasteiger partial charge in [-0.15, -0.1) is 0 Å². The molecule has 1 saturated heterocycles. The van der Waals surface area contributed by atoms with Crippen LogP contribution in [0.2, 0.25) is 0 Å². The molecule has 1 aliphatic rings. The molecule has 20 heavy (non-hydrogen) atoms. The standard InChI is InChI=1S/C14H16FNO4/c1-20-14(19)9-3-2-6-16(8-9)13(18)11-5-4-10(15)7-12(11)17/h4-5,7,9,17H,2-3,6,8H2,1H3. The Morgan fingerprint density at radius 3 is 2.85 bits per heavy atom. The Kier molecular flexibility index (Phi) is 4.22. The maximum atomic E-state index is 12.9. The highest BCUT2D eigenvalue weighted by Gasteiger charge is 2.30. The average Bonchev–Trinajstić information content (AvgIpc) is 2.46. The number of halogens is 1. The average molecular weight is 281 g/mol. The number of piperidine rings is 1. The third kappa shape index (κ3) is 2.89. The molecule has 1 aromatic carbocycles. The fraction of sp³-hybridized carbons (Fsp3) is 0.429. The molecule has 0 aliphatic carbocycles. The molecule has 1 atom stereocenters. The van der Waals surface area contributed by atoms with Crippen molar-refractivity contribution >= 4 is 11.9 Å². The Bertz CT molecular complexity index is 532. The number of amides is 1. The summed E-state index contributed by atoms with van der Waals surface area (Å²) in [6.07, 6.45) is 1.36. The molecule has 2 rings (SSSR count). The van der Waals surface area contributed by atoms with E-state index in [1.807, 2.05) is 0 Å². The first-order chi connectivity index (χ1) is 9.52. The molecule has 1 heterocycles. The lowest BCUT2D eigenvalue weighted by molar-refractivity contribution is -0.146. The van der Waals surface area contributed by atoms with E-state index in [0.717, 1.165) is 12.1 Å². The molecule has 108 valence electrons. The van der Waals surface area contributed by atoms with E-state index >= 15 is 0 Å². The zero-order valence-electron chi connectivity index (χ0n) is 11.1. The molecule has 1 aromatic rings. The Morgan fingerprint density at radius 2 is 2.20 bits per heavy atom. The molecule has 0 radical (unpaired) electrons. The third-order valence-corrected chi connectivity index (χ3v) is 3.43. The molecule has 0 saturated carbocycles. The van der Waals surface area contributed by atoms with Gasteiger partial charge in [0.15, 0.2) is 0 Å². The van der Waals surface area contributed by atoms with Gasteiger partial charge in [0.25, 0.3) is 5.91 Å². The summed E-state index contributed by atoms with van der Waals surface area (Å²) >= 11 is 0. The lowest BCUT2D eigenvalue weighted by Crippen LogP contribution is -2.42. The van der Waals surface area contributed by atoms with Gasteiger partial charge in [0.1, 0.15) is 11.6 Å². The SMILES string of the molecule is COC(=O)C1CCCN(C(=O)c2ccc(F)cc2O)C1. The van der Waals surface area contributed by atoms with E-state index in [2.05, 4.69) is 4.74 Å². The van der Waals surface area contributed by atoms with Crippen molar-refractivity contribution < 1.29 is 23.8 Å². The Balaban J connectivity index is 2.14. The van der Waals surface area contributed by atoms with Crippen LogP contribution in [0.4, 0.5) is 4.39 Å². The van der Waals surface area contributed by atoms with Crippen molar-refractivity contribution in [3.63, 3.8) is 0 Å². The van der Waals surface area contributed by atoms with Crippen molar-refractivity contribution in [2.75, 3.05) is 20.2 Å². The summed E-state index contributed by atoms with van der Waals surface area (Å²) < 4.78 is 17.6. The lowest BCUT2D eigenvalue weighted by Gasteiger charge is -2.31. The Hall–Kier alpha value is -2.11. The molecule has 0 aromatic heterocycles. The number of rotatable bonds is 2.